The topological polar surface area (TPSA) is 65.2 Å². The number of nitrogens with one attached hydrogen (secondary N) is 4. The van der Waals surface area contributed by atoms with E-state index in [0.717, 1.165) is 79.8 Å². The maximum Gasteiger partial charge on any atom is 0.251 e. The quantitative estimate of drug-likeness (QED) is 0.125. The van der Waals surface area contributed by atoms with E-state index >= 15 is 0 Å². The number of benzene rings is 2. The predicted molar refractivity (Wildman–Crippen MR) is 200 cm³/mol. The molecular weight excluding hydrogens is 564 g/mol. The molecule has 3 rings (SSSR count). The average molecular weight is 629 g/mol. The Labute approximate surface area is 281 Å². The second-order valence-electron chi connectivity index (χ2n) is 16.4. The van der Waals surface area contributed by atoms with E-state index in [4.69, 9.17) is 0 Å². The lowest BCUT2D eigenvalue weighted by atomic mass is 9.82. The van der Waals surface area contributed by atoms with Gasteiger partial charge in [0.25, 0.3) is 5.91 Å². The molecule has 5 heteroatoms. The first-order valence-corrected chi connectivity index (χ1v) is 17.6. The summed E-state index contributed by atoms with van der Waals surface area (Å²) < 4.78 is 0. The number of rotatable bonds is 19. The molecule has 254 valence electrons. The Balaban J connectivity index is 1.61. The smallest absolute Gasteiger partial charge is 0.251 e. The van der Waals surface area contributed by atoms with Crippen molar-refractivity contribution in [2.45, 2.75) is 113 Å². The van der Waals surface area contributed by atoms with Gasteiger partial charge in [0.15, 0.2) is 0 Å². The lowest BCUT2D eigenvalue weighted by Crippen LogP contribution is -2.34. The molecule has 1 aliphatic carbocycles. The van der Waals surface area contributed by atoms with Gasteiger partial charge in [-0.25, -0.2) is 0 Å². The maximum absolute atomic E-state index is 13.6. The molecule has 0 aromatic heterocycles. The average Bonchev–Trinajstić information content (AvgIpc) is 3.30. The summed E-state index contributed by atoms with van der Waals surface area (Å²) in [5.74, 6) is 0.296. The predicted octanol–water partition coefficient (Wildman–Crippen LogP) is 10.0. The zero-order valence-electron chi connectivity index (χ0n) is 30.6. The monoisotopic (exact) mass is 629 g/mol. The van der Waals surface area contributed by atoms with E-state index in [1.165, 1.54) is 29.5 Å². The molecule has 0 saturated carbocycles. The van der Waals surface area contributed by atoms with Gasteiger partial charge in [0.05, 0.1) is 0 Å². The minimum absolute atomic E-state index is 0.0247. The number of allylic oxidation sites excluding steroid dienone is 2. The van der Waals surface area contributed by atoms with E-state index in [2.05, 4.69) is 114 Å². The lowest BCUT2D eigenvalue weighted by Gasteiger charge is -2.27. The van der Waals surface area contributed by atoms with Crippen LogP contribution in [0.5, 0.6) is 0 Å². The van der Waals surface area contributed by atoms with Crippen LogP contribution < -0.4 is 21.3 Å². The molecule has 0 bridgehead atoms. The van der Waals surface area contributed by atoms with Crippen LogP contribution in [0.15, 0.2) is 61.0 Å². The van der Waals surface area contributed by atoms with Gasteiger partial charge in [-0.2, -0.15) is 0 Å². The van der Waals surface area contributed by atoms with E-state index in [1.807, 2.05) is 19.2 Å². The van der Waals surface area contributed by atoms with Gasteiger partial charge in [-0.1, -0.05) is 93.2 Å². The Hall–Kier alpha value is -3.05. The normalized spacial score (nSPS) is 14.4. The van der Waals surface area contributed by atoms with Crippen LogP contribution in [0.2, 0.25) is 0 Å². The van der Waals surface area contributed by atoms with Crippen LogP contribution in [0.1, 0.15) is 134 Å². The molecular formula is C41H64N4O. The molecule has 0 fully saturated rings. The van der Waals surface area contributed by atoms with E-state index in [9.17, 15) is 4.79 Å². The fraction of sp³-hybridized carbons (Fsp3) is 0.585. The molecule has 0 aliphatic heterocycles. The summed E-state index contributed by atoms with van der Waals surface area (Å²) in [5.41, 5.74) is 9.38. The molecule has 2 aromatic rings. The Morgan fingerprint density at radius 3 is 2.15 bits per heavy atom. The molecule has 0 radical (unpaired) electrons. The van der Waals surface area contributed by atoms with Crippen LogP contribution in [-0.4, -0.2) is 32.6 Å². The minimum Gasteiger partial charge on any atom is -0.388 e. The summed E-state index contributed by atoms with van der Waals surface area (Å²) >= 11 is 0. The summed E-state index contributed by atoms with van der Waals surface area (Å²) in [7, 11) is 2.00. The van der Waals surface area contributed by atoms with E-state index in [-0.39, 0.29) is 22.7 Å². The number of hydrogen-bond acceptors (Lipinski definition) is 4. The van der Waals surface area contributed by atoms with Crippen molar-refractivity contribution in [3.63, 3.8) is 0 Å². The third-order valence-corrected chi connectivity index (χ3v) is 9.48. The van der Waals surface area contributed by atoms with Crippen molar-refractivity contribution in [3.8, 4) is 11.1 Å². The summed E-state index contributed by atoms with van der Waals surface area (Å²) in [6, 6.07) is 12.8. The largest absolute Gasteiger partial charge is 0.388 e. The molecule has 0 saturated heterocycles. The van der Waals surface area contributed by atoms with Crippen LogP contribution in [0.4, 0.5) is 5.69 Å². The Morgan fingerprint density at radius 1 is 0.804 bits per heavy atom. The SMILES string of the molecule is C=C(CCCC(=C)Nc1ccc2c(c1)C(CC)c1cccc(C(=O)NCC(C)(C)CCCC(C)(C)C)c1-2)NCC(C)(C)CCNC. The van der Waals surface area contributed by atoms with Crippen molar-refractivity contribution in [2.75, 3.05) is 32.0 Å². The van der Waals surface area contributed by atoms with Gasteiger partial charge in [-0.3, -0.25) is 4.79 Å². The van der Waals surface area contributed by atoms with Crippen molar-refractivity contribution in [3.05, 3.63) is 77.6 Å². The van der Waals surface area contributed by atoms with Gasteiger partial charge in [0.1, 0.15) is 0 Å². The van der Waals surface area contributed by atoms with Crippen LogP contribution in [0.25, 0.3) is 11.1 Å². The van der Waals surface area contributed by atoms with E-state index in [1.54, 1.807) is 0 Å². The van der Waals surface area contributed by atoms with Gasteiger partial charge < -0.3 is 21.3 Å². The van der Waals surface area contributed by atoms with Gasteiger partial charge in [-0.05, 0) is 115 Å². The van der Waals surface area contributed by atoms with Crippen LogP contribution in [0.3, 0.4) is 0 Å². The first kappa shape index (κ1) is 37.4. The first-order chi connectivity index (χ1) is 21.6. The van der Waals surface area contributed by atoms with Gasteiger partial charge in [0, 0.05) is 41.7 Å². The van der Waals surface area contributed by atoms with Gasteiger partial charge in [-0.15, -0.1) is 0 Å². The van der Waals surface area contributed by atoms with Crippen molar-refractivity contribution < 1.29 is 4.79 Å². The third-order valence-electron chi connectivity index (χ3n) is 9.48. The Kier molecular flexibility index (Phi) is 13.2. The van der Waals surface area contributed by atoms with Crippen LogP contribution in [-0.2, 0) is 0 Å². The lowest BCUT2D eigenvalue weighted by molar-refractivity contribution is 0.0933. The number of hydrogen-bond donors (Lipinski definition) is 4. The highest BCUT2D eigenvalue weighted by molar-refractivity contribution is 6.03. The molecule has 0 heterocycles. The van der Waals surface area contributed by atoms with Gasteiger partial charge >= 0.3 is 0 Å². The Bertz CT molecular complexity index is 1350. The van der Waals surface area contributed by atoms with E-state index < -0.39 is 0 Å². The molecule has 5 nitrogen and oxygen atoms in total. The van der Waals surface area contributed by atoms with E-state index in [0.29, 0.717) is 12.0 Å². The number of amides is 1. The van der Waals surface area contributed by atoms with Crippen molar-refractivity contribution in [1.29, 1.82) is 0 Å². The molecule has 1 unspecified atom stereocenters. The molecule has 46 heavy (non-hydrogen) atoms. The van der Waals surface area contributed by atoms with Crippen molar-refractivity contribution >= 4 is 11.6 Å². The molecule has 2 aromatic carbocycles. The van der Waals surface area contributed by atoms with Crippen molar-refractivity contribution in [2.24, 2.45) is 16.2 Å². The summed E-state index contributed by atoms with van der Waals surface area (Å²) in [5, 5.41) is 13.6. The fourth-order valence-corrected chi connectivity index (χ4v) is 6.50. The standard InChI is InChI=1S/C41H64N4O/c1-12-32-33-18-14-19-35(38(46)44-28-40(7,8)23-15-22-39(4,5)6)37(33)34-21-20-31(26-36(32)34)45-30(3)17-13-16-29(2)43-27-41(9,10)24-25-42-11/h14,18-21,26,32,42-43,45H,2-3,12-13,15-17,22-25,27-28H2,1,4-11H3,(H,44,46). The van der Waals surface area contributed by atoms with Crippen molar-refractivity contribution in [1.82, 2.24) is 16.0 Å². The number of fused-ring (bicyclic) bond motifs is 3. The number of carbonyl (C=O) groups excluding carboxylic acids is 1. The molecule has 4 N–H and O–H groups in total. The van der Waals surface area contributed by atoms with Gasteiger partial charge in [0.2, 0.25) is 0 Å². The molecule has 1 amide bonds. The molecule has 1 atom stereocenters. The molecule has 1 aliphatic rings. The highest BCUT2D eigenvalue weighted by Gasteiger charge is 2.32. The number of anilines is 1. The summed E-state index contributed by atoms with van der Waals surface area (Å²) in [4.78, 5) is 13.6. The zero-order chi connectivity index (χ0) is 34.1. The number of carbonyl (C=O) groups is 1. The van der Waals surface area contributed by atoms with Crippen LogP contribution >= 0.6 is 0 Å². The summed E-state index contributed by atoms with van der Waals surface area (Å²) in [6.07, 6.45) is 8.38. The first-order valence-electron chi connectivity index (χ1n) is 17.6. The molecule has 0 spiro atoms. The fourth-order valence-electron chi connectivity index (χ4n) is 6.50. The second-order valence-corrected chi connectivity index (χ2v) is 16.4. The minimum atomic E-state index is 0.0247. The second kappa shape index (κ2) is 16.2. The van der Waals surface area contributed by atoms with Crippen LogP contribution in [0, 0.1) is 16.2 Å². The zero-order valence-corrected chi connectivity index (χ0v) is 30.6. The highest BCUT2D eigenvalue weighted by Crippen LogP contribution is 2.48. The summed E-state index contributed by atoms with van der Waals surface area (Å²) in [6.45, 7) is 29.4. The Morgan fingerprint density at radius 2 is 1.48 bits per heavy atom. The maximum atomic E-state index is 13.6. The third kappa shape index (κ3) is 11.0. The highest BCUT2D eigenvalue weighted by atomic mass is 16.1.